The van der Waals surface area contributed by atoms with Gasteiger partial charge in [0.15, 0.2) is 11.5 Å². The van der Waals surface area contributed by atoms with Crippen LogP contribution in [-0.4, -0.2) is 31.5 Å². The third kappa shape index (κ3) is 3.62. The van der Waals surface area contributed by atoms with Gasteiger partial charge in [-0.1, -0.05) is 0 Å². The van der Waals surface area contributed by atoms with Gasteiger partial charge in [0, 0.05) is 10.9 Å². The van der Waals surface area contributed by atoms with Crippen molar-refractivity contribution in [1.82, 2.24) is 4.98 Å². The fourth-order valence-electron chi connectivity index (χ4n) is 2.51. The van der Waals surface area contributed by atoms with Gasteiger partial charge in [0.05, 0.1) is 19.0 Å². The van der Waals surface area contributed by atoms with E-state index in [-0.39, 0.29) is 0 Å². The number of fused-ring (bicyclic) bond motifs is 1. The Morgan fingerprint density at radius 2 is 1.92 bits per heavy atom. The van der Waals surface area contributed by atoms with Crippen LogP contribution in [0.4, 0.5) is 5.13 Å². The molecular formula is C19H17N3O3S. The average molecular weight is 367 g/mol. The van der Waals surface area contributed by atoms with E-state index < -0.39 is 0 Å². The van der Waals surface area contributed by atoms with Crippen LogP contribution >= 0.6 is 11.3 Å². The first kappa shape index (κ1) is 16.4. The number of ether oxygens (including phenoxy) is 3. The molecular weight excluding hydrogens is 350 g/mol. The van der Waals surface area contributed by atoms with Crippen LogP contribution in [0.5, 0.6) is 17.2 Å². The Morgan fingerprint density at radius 3 is 2.73 bits per heavy atom. The van der Waals surface area contributed by atoms with Crippen molar-refractivity contribution in [1.29, 1.82) is 0 Å². The molecule has 0 unspecified atom stereocenters. The second-order valence-corrected chi connectivity index (χ2v) is 6.40. The van der Waals surface area contributed by atoms with E-state index in [0.29, 0.717) is 13.2 Å². The Hall–Kier alpha value is -3.06. The molecule has 0 fully saturated rings. The lowest BCUT2D eigenvalue weighted by Crippen LogP contribution is -2.15. The lowest BCUT2D eigenvalue weighted by Gasteiger charge is -2.18. The Kier molecular flexibility index (Phi) is 4.70. The van der Waals surface area contributed by atoms with Gasteiger partial charge in [0.2, 0.25) is 5.13 Å². The number of rotatable bonds is 5. The zero-order valence-corrected chi connectivity index (χ0v) is 15.0. The molecule has 3 aromatic rings. The first-order chi connectivity index (χ1) is 12.8. The van der Waals surface area contributed by atoms with Crippen LogP contribution in [0.1, 0.15) is 5.56 Å². The summed E-state index contributed by atoms with van der Waals surface area (Å²) >= 11 is 1.49. The lowest BCUT2D eigenvalue weighted by molar-refractivity contribution is 0.171. The first-order valence-electron chi connectivity index (χ1n) is 8.10. The van der Waals surface area contributed by atoms with Gasteiger partial charge in [-0.15, -0.1) is 11.3 Å². The normalized spacial score (nSPS) is 13.0. The highest BCUT2D eigenvalue weighted by molar-refractivity contribution is 7.14. The number of methoxy groups -OCH3 is 1. The molecule has 0 saturated heterocycles. The topological polar surface area (TPSA) is 65.0 Å². The summed E-state index contributed by atoms with van der Waals surface area (Å²) in [7, 11) is 1.65. The maximum Gasteiger partial charge on any atom is 0.203 e. The third-order valence-electron chi connectivity index (χ3n) is 3.83. The molecule has 7 heteroatoms. The van der Waals surface area contributed by atoms with E-state index in [9.17, 15) is 0 Å². The molecule has 1 aliphatic rings. The minimum absolute atomic E-state index is 0.570. The first-order valence-corrected chi connectivity index (χ1v) is 8.98. The van der Waals surface area contributed by atoms with Crippen molar-refractivity contribution < 1.29 is 14.2 Å². The van der Waals surface area contributed by atoms with Gasteiger partial charge in [-0.05, 0) is 48.0 Å². The van der Waals surface area contributed by atoms with Gasteiger partial charge in [-0.3, -0.25) is 5.43 Å². The fraction of sp³-hybridized carbons (Fsp3) is 0.158. The van der Waals surface area contributed by atoms with E-state index in [1.54, 1.807) is 13.3 Å². The van der Waals surface area contributed by atoms with Crippen molar-refractivity contribution in [2.75, 3.05) is 25.7 Å². The van der Waals surface area contributed by atoms with Crippen molar-refractivity contribution >= 4 is 22.7 Å². The van der Waals surface area contributed by atoms with Gasteiger partial charge < -0.3 is 14.2 Å². The van der Waals surface area contributed by atoms with Crippen molar-refractivity contribution in [3.8, 4) is 28.5 Å². The number of hydrogen-bond donors (Lipinski definition) is 1. The largest absolute Gasteiger partial charge is 0.497 e. The fourth-order valence-corrected chi connectivity index (χ4v) is 3.18. The van der Waals surface area contributed by atoms with Crippen molar-refractivity contribution in [2.45, 2.75) is 0 Å². The van der Waals surface area contributed by atoms with Crippen LogP contribution in [0.2, 0.25) is 0 Å². The molecule has 0 atom stereocenters. The van der Waals surface area contributed by atoms with Gasteiger partial charge in [0.25, 0.3) is 0 Å². The SMILES string of the molecule is COc1ccc(/C=N/Nc2nc(-c3ccc4c(c3)OCCO4)cs2)cc1. The van der Waals surface area contributed by atoms with E-state index in [2.05, 4.69) is 15.5 Å². The maximum absolute atomic E-state index is 5.63. The van der Waals surface area contributed by atoms with Gasteiger partial charge >= 0.3 is 0 Å². The molecule has 26 heavy (non-hydrogen) atoms. The molecule has 2 heterocycles. The number of nitrogens with one attached hydrogen (secondary N) is 1. The molecule has 0 radical (unpaired) electrons. The number of nitrogens with zero attached hydrogens (tertiary/aromatic N) is 2. The summed E-state index contributed by atoms with van der Waals surface area (Å²) in [4.78, 5) is 4.57. The van der Waals surface area contributed by atoms with E-state index in [4.69, 9.17) is 14.2 Å². The summed E-state index contributed by atoms with van der Waals surface area (Å²) in [5.41, 5.74) is 5.79. The number of hydrogen-bond acceptors (Lipinski definition) is 7. The summed E-state index contributed by atoms with van der Waals surface area (Å²) in [6, 6.07) is 13.5. The molecule has 1 aromatic heterocycles. The standard InChI is InChI=1S/C19H17N3O3S/c1-23-15-5-2-13(3-6-15)11-20-22-19-21-16(12-26-19)14-4-7-17-18(10-14)25-9-8-24-17/h2-7,10-12H,8-9H2,1H3,(H,21,22)/b20-11+. The molecule has 0 amide bonds. The minimum atomic E-state index is 0.570. The minimum Gasteiger partial charge on any atom is -0.497 e. The predicted molar refractivity (Wildman–Crippen MR) is 103 cm³/mol. The highest BCUT2D eigenvalue weighted by Crippen LogP contribution is 2.35. The Balaban J connectivity index is 1.43. The average Bonchev–Trinajstić information content (AvgIpc) is 3.17. The second kappa shape index (κ2) is 7.45. The predicted octanol–water partition coefficient (Wildman–Crippen LogP) is 4.04. The molecule has 0 bridgehead atoms. The van der Waals surface area contributed by atoms with E-state index >= 15 is 0 Å². The molecule has 1 aliphatic heterocycles. The smallest absolute Gasteiger partial charge is 0.203 e. The molecule has 132 valence electrons. The molecule has 4 rings (SSSR count). The molecule has 0 aliphatic carbocycles. The quantitative estimate of drug-likeness (QED) is 0.545. The molecule has 1 N–H and O–H groups in total. The van der Waals surface area contributed by atoms with Gasteiger partial charge in [0.1, 0.15) is 19.0 Å². The van der Waals surface area contributed by atoms with Crippen LogP contribution in [0, 0.1) is 0 Å². The zero-order chi connectivity index (χ0) is 17.8. The number of aromatic nitrogens is 1. The molecule has 6 nitrogen and oxygen atoms in total. The summed E-state index contributed by atoms with van der Waals surface area (Å²) < 4.78 is 16.3. The van der Waals surface area contributed by atoms with Crippen LogP contribution in [-0.2, 0) is 0 Å². The van der Waals surface area contributed by atoms with Gasteiger partial charge in [-0.25, -0.2) is 4.98 Å². The molecule has 2 aromatic carbocycles. The molecule has 0 saturated carbocycles. The van der Waals surface area contributed by atoms with E-state index in [1.165, 1.54) is 11.3 Å². The highest BCUT2D eigenvalue weighted by Gasteiger charge is 2.13. The van der Waals surface area contributed by atoms with Crippen molar-refractivity contribution in [2.24, 2.45) is 5.10 Å². The number of anilines is 1. The summed E-state index contributed by atoms with van der Waals surface area (Å²) in [6.07, 6.45) is 1.74. The highest BCUT2D eigenvalue weighted by atomic mass is 32.1. The summed E-state index contributed by atoms with van der Waals surface area (Å²) in [5, 5.41) is 6.94. The van der Waals surface area contributed by atoms with E-state index in [1.807, 2.05) is 47.8 Å². The van der Waals surface area contributed by atoms with Crippen LogP contribution < -0.4 is 19.6 Å². The van der Waals surface area contributed by atoms with E-state index in [0.717, 1.165) is 39.2 Å². The van der Waals surface area contributed by atoms with Crippen molar-refractivity contribution in [3.05, 3.63) is 53.4 Å². The third-order valence-corrected chi connectivity index (χ3v) is 4.58. The maximum atomic E-state index is 5.63. The second-order valence-electron chi connectivity index (χ2n) is 5.54. The molecule has 0 spiro atoms. The Bertz CT molecular complexity index is 922. The van der Waals surface area contributed by atoms with Crippen LogP contribution in [0.25, 0.3) is 11.3 Å². The van der Waals surface area contributed by atoms with Gasteiger partial charge in [-0.2, -0.15) is 5.10 Å². The van der Waals surface area contributed by atoms with Crippen LogP contribution in [0.15, 0.2) is 52.9 Å². The Morgan fingerprint density at radius 1 is 1.12 bits per heavy atom. The lowest BCUT2D eigenvalue weighted by atomic mass is 10.1. The number of benzene rings is 2. The monoisotopic (exact) mass is 367 g/mol. The summed E-state index contributed by atoms with van der Waals surface area (Å²) in [6.45, 7) is 1.16. The van der Waals surface area contributed by atoms with Crippen molar-refractivity contribution in [3.63, 3.8) is 0 Å². The summed E-state index contributed by atoms with van der Waals surface area (Å²) in [5.74, 6) is 2.35. The zero-order valence-electron chi connectivity index (χ0n) is 14.1. The Labute approximate surface area is 155 Å². The number of hydrazone groups is 1. The number of thiazole rings is 1. The van der Waals surface area contributed by atoms with Crippen LogP contribution in [0.3, 0.4) is 0 Å².